The van der Waals surface area contributed by atoms with Crippen LogP contribution < -0.4 is 5.32 Å². The number of rotatable bonds is 9. The molecule has 0 aliphatic rings. The van der Waals surface area contributed by atoms with Gasteiger partial charge in [0, 0.05) is 27.3 Å². The zero-order valence-corrected chi connectivity index (χ0v) is 14.6. The van der Waals surface area contributed by atoms with Crippen molar-refractivity contribution < 1.29 is 19.0 Å². The molecule has 1 unspecified atom stereocenters. The van der Waals surface area contributed by atoms with Crippen LogP contribution in [0.15, 0.2) is 0 Å². The SMILES string of the molecule is CCN(CCCNC(C)C(OC)OC)C(=O)OC(C)(C)C. The minimum atomic E-state index is -0.457. The molecule has 0 aliphatic heterocycles. The molecule has 126 valence electrons. The van der Waals surface area contributed by atoms with Crippen molar-refractivity contribution >= 4 is 6.09 Å². The van der Waals surface area contributed by atoms with Gasteiger partial charge < -0.3 is 24.4 Å². The zero-order valence-electron chi connectivity index (χ0n) is 14.6. The van der Waals surface area contributed by atoms with Crippen molar-refractivity contribution in [3.8, 4) is 0 Å². The fraction of sp³-hybridized carbons (Fsp3) is 0.933. The molecule has 0 aromatic rings. The Kier molecular flexibility index (Phi) is 9.57. The van der Waals surface area contributed by atoms with Crippen LogP contribution in [0.2, 0.25) is 0 Å². The van der Waals surface area contributed by atoms with Gasteiger partial charge in [-0.3, -0.25) is 0 Å². The van der Waals surface area contributed by atoms with Crippen LogP contribution in [-0.4, -0.2) is 62.8 Å². The molecule has 1 amide bonds. The van der Waals surface area contributed by atoms with Gasteiger partial charge >= 0.3 is 6.09 Å². The van der Waals surface area contributed by atoms with E-state index in [-0.39, 0.29) is 18.4 Å². The number of hydrogen-bond acceptors (Lipinski definition) is 5. The summed E-state index contributed by atoms with van der Waals surface area (Å²) in [6.45, 7) is 11.7. The average molecular weight is 304 g/mol. The van der Waals surface area contributed by atoms with Crippen molar-refractivity contribution in [1.82, 2.24) is 10.2 Å². The van der Waals surface area contributed by atoms with Gasteiger partial charge in [0.2, 0.25) is 0 Å². The molecule has 1 atom stereocenters. The first-order valence-electron chi connectivity index (χ1n) is 7.52. The topological polar surface area (TPSA) is 60.0 Å². The molecule has 6 nitrogen and oxygen atoms in total. The molecule has 21 heavy (non-hydrogen) atoms. The lowest BCUT2D eigenvalue weighted by molar-refractivity contribution is -0.119. The maximum Gasteiger partial charge on any atom is 0.410 e. The summed E-state index contributed by atoms with van der Waals surface area (Å²) in [4.78, 5) is 13.7. The van der Waals surface area contributed by atoms with E-state index >= 15 is 0 Å². The highest BCUT2D eigenvalue weighted by Crippen LogP contribution is 2.10. The quantitative estimate of drug-likeness (QED) is 0.523. The number of ether oxygens (including phenoxy) is 3. The van der Waals surface area contributed by atoms with Gasteiger partial charge in [-0.25, -0.2) is 4.79 Å². The summed E-state index contributed by atoms with van der Waals surface area (Å²) in [5, 5.41) is 3.32. The summed E-state index contributed by atoms with van der Waals surface area (Å²) in [5.41, 5.74) is -0.457. The molecule has 0 saturated heterocycles. The summed E-state index contributed by atoms with van der Waals surface area (Å²) < 4.78 is 15.7. The van der Waals surface area contributed by atoms with Crippen LogP contribution in [0, 0.1) is 0 Å². The van der Waals surface area contributed by atoms with Gasteiger partial charge in [0.25, 0.3) is 0 Å². The number of carbonyl (C=O) groups is 1. The third kappa shape index (κ3) is 8.90. The molecule has 0 aromatic carbocycles. The molecule has 6 heteroatoms. The standard InChI is InChI=1S/C15H32N2O4/c1-8-17(14(18)21-15(3,4)5)11-9-10-16-12(2)13(19-6)20-7/h12-13,16H,8-11H2,1-7H3. The Morgan fingerprint density at radius 1 is 1.24 bits per heavy atom. The van der Waals surface area contributed by atoms with Crippen LogP contribution in [0.4, 0.5) is 4.79 Å². The fourth-order valence-corrected chi connectivity index (χ4v) is 1.91. The van der Waals surface area contributed by atoms with Gasteiger partial charge in [-0.05, 0) is 47.6 Å². The first-order chi connectivity index (χ1) is 9.75. The minimum Gasteiger partial charge on any atom is -0.444 e. The van der Waals surface area contributed by atoms with Crippen LogP contribution >= 0.6 is 0 Å². The number of amides is 1. The Bertz CT molecular complexity index is 288. The second-order valence-electron chi connectivity index (χ2n) is 6.00. The maximum absolute atomic E-state index is 12.0. The molecule has 1 N–H and O–H groups in total. The van der Waals surface area contributed by atoms with Crippen molar-refractivity contribution in [1.29, 1.82) is 0 Å². The Balaban J connectivity index is 4.05. The molecule has 0 heterocycles. The highest BCUT2D eigenvalue weighted by atomic mass is 16.7. The lowest BCUT2D eigenvalue weighted by Gasteiger charge is -2.27. The number of hydrogen-bond donors (Lipinski definition) is 1. The Labute approximate surface area is 129 Å². The van der Waals surface area contributed by atoms with E-state index in [0.29, 0.717) is 13.1 Å². The van der Waals surface area contributed by atoms with E-state index in [1.54, 1.807) is 19.1 Å². The number of carbonyl (C=O) groups excluding carboxylic acids is 1. The van der Waals surface area contributed by atoms with Crippen LogP contribution in [0.1, 0.15) is 41.0 Å². The molecule has 0 bridgehead atoms. The molecule has 0 saturated carbocycles. The van der Waals surface area contributed by atoms with E-state index in [2.05, 4.69) is 5.32 Å². The average Bonchev–Trinajstić information content (AvgIpc) is 2.38. The molecular weight excluding hydrogens is 272 g/mol. The number of methoxy groups -OCH3 is 2. The Morgan fingerprint density at radius 3 is 2.24 bits per heavy atom. The van der Waals surface area contributed by atoms with Crippen molar-refractivity contribution in [2.75, 3.05) is 33.9 Å². The number of nitrogens with zero attached hydrogens (tertiary/aromatic N) is 1. The number of nitrogens with one attached hydrogen (secondary N) is 1. The van der Waals surface area contributed by atoms with Crippen molar-refractivity contribution in [2.45, 2.75) is 59.0 Å². The third-order valence-corrected chi connectivity index (χ3v) is 2.98. The highest BCUT2D eigenvalue weighted by Gasteiger charge is 2.21. The molecule has 0 rings (SSSR count). The summed E-state index contributed by atoms with van der Waals surface area (Å²) in [5.74, 6) is 0. The van der Waals surface area contributed by atoms with E-state index in [0.717, 1.165) is 13.0 Å². The molecular formula is C15H32N2O4. The summed E-state index contributed by atoms with van der Waals surface area (Å²) in [6, 6.07) is 0.0941. The highest BCUT2D eigenvalue weighted by molar-refractivity contribution is 5.68. The molecule has 0 spiro atoms. The fourth-order valence-electron chi connectivity index (χ4n) is 1.91. The van der Waals surface area contributed by atoms with E-state index < -0.39 is 5.60 Å². The second kappa shape index (κ2) is 9.97. The van der Waals surface area contributed by atoms with Crippen molar-refractivity contribution in [2.24, 2.45) is 0 Å². The van der Waals surface area contributed by atoms with Gasteiger partial charge in [0.15, 0.2) is 6.29 Å². The van der Waals surface area contributed by atoms with E-state index in [4.69, 9.17) is 14.2 Å². The van der Waals surface area contributed by atoms with E-state index in [1.165, 1.54) is 0 Å². The van der Waals surface area contributed by atoms with Crippen molar-refractivity contribution in [3.63, 3.8) is 0 Å². The van der Waals surface area contributed by atoms with Crippen LogP contribution in [0.5, 0.6) is 0 Å². The van der Waals surface area contributed by atoms with Crippen LogP contribution in [0.25, 0.3) is 0 Å². The smallest absolute Gasteiger partial charge is 0.410 e. The first-order valence-corrected chi connectivity index (χ1v) is 7.52. The molecule has 0 aromatic heterocycles. The zero-order chi connectivity index (χ0) is 16.5. The predicted molar refractivity (Wildman–Crippen MR) is 83.4 cm³/mol. The van der Waals surface area contributed by atoms with E-state index in [9.17, 15) is 4.79 Å². The molecule has 0 aliphatic carbocycles. The Morgan fingerprint density at radius 2 is 1.81 bits per heavy atom. The van der Waals surface area contributed by atoms with E-state index in [1.807, 2.05) is 34.6 Å². The van der Waals surface area contributed by atoms with Gasteiger partial charge in [-0.1, -0.05) is 0 Å². The molecule has 0 radical (unpaired) electrons. The van der Waals surface area contributed by atoms with Crippen LogP contribution in [-0.2, 0) is 14.2 Å². The van der Waals surface area contributed by atoms with Crippen LogP contribution in [0.3, 0.4) is 0 Å². The lowest BCUT2D eigenvalue weighted by atomic mass is 10.2. The van der Waals surface area contributed by atoms with Gasteiger partial charge in [0.05, 0.1) is 6.04 Å². The predicted octanol–water partition coefficient (Wildman–Crippen LogP) is 2.23. The monoisotopic (exact) mass is 304 g/mol. The molecule has 0 fully saturated rings. The third-order valence-electron chi connectivity index (χ3n) is 2.98. The van der Waals surface area contributed by atoms with Gasteiger partial charge in [0.1, 0.15) is 5.60 Å². The lowest BCUT2D eigenvalue weighted by Crippen LogP contribution is -2.42. The maximum atomic E-state index is 12.0. The minimum absolute atomic E-state index is 0.0941. The normalized spacial score (nSPS) is 13.3. The van der Waals surface area contributed by atoms with Gasteiger partial charge in [-0.15, -0.1) is 0 Å². The largest absolute Gasteiger partial charge is 0.444 e. The summed E-state index contributed by atoms with van der Waals surface area (Å²) in [7, 11) is 3.24. The van der Waals surface area contributed by atoms with Gasteiger partial charge in [-0.2, -0.15) is 0 Å². The summed E-state index contributed by atoms with van der Waals surface area (Å²) >= 11 is 0. The second-order valence-corrected chi connectivity index (χ2v) is 6.00. The first kappa shape index (κ1) is 20.1. The Hall–Kier alpha value is -0.850. The summed E-state index contributed by atoms with van der Waals surface area (Å²) in [6.07, 6.45) is 0.320. The van der Waals surface area contributed by atoms with Crippen molar-refractivity contribution in [3.05, 3.63) is 0 Å².